The number of aliphatic hydroxyl groups excluding tert-OH is 2. The van der Waals surface area contributed by atoms with Gasteiger partial charge in [0.2, 0.25) is 5.91 Å². The summed E-state index contributed by atoms with van der Waals surface area (Å²) >= 11 is 0. The lowest BCUT2D eigenvalue weighted by Gasteiger charge is -2.20. The molecule has 2 rings (SSSR count). The Kier molecular flexibility index (Phi) is 3.11. The SMILES string of the molecule is O=C1NCCC[C@@H]1C1=NC(CO)(CO)CO1. The van der Waals surface area contributed by atoms with E-state index in [1.54, 1.807) is 0 Å². The van der Waals surface area contributed by atoms with Crippen LogP contribution in [0.5, 0.6) is 0 Å². The zero-order chi connectivity index (χ0) is 11.6. The van der Waals surface area contributed by atoms with Crippen LogP contribution in [0.25, 0.3) is 0 Å². The van der Waals surface area contributed by atoms with Gasteiger partial charge in [-0.15, -0.1) is 0 Å². The maximum atomic E-state index is 11.6. The van der Waals surface area contributed by atoms with Crippen molar-refractivity contribution >= 4 is 11.8 Å². The van der Waals surface area contributed by atoms with Crippen molar-refractivity contribution in [2.24, 2.45) is 10.9 Å². The average molecular weight is 228 g/mol. The van der Waals surface area contributed by atoms with Crippen LogP contribution in [0, 0.1) is 5.92 Å². The largest absolute Gasteiger partial charge is 0.478 e. The van der Waals surface area contributed by atoms with Crippen molar-refractivity contribution in [2.75, 3.05) is 26.4 Å². The van der Waals surface area contributed by atoms with Crippen molar-refractivity contribution in [1.29, 1.82) is 0 Å². The molecule has 2 heterocycles. The molecule has 0 bridgehead atoms. The number of rotatable bonds is 3. The molecule has 0 saturated carbocycles. The Morgan fingerprint density at radius 2 is 2.25 bits per heavy atom. The van der Waals surface area contributed by atoms with Crippen molar-refractivity contribution in [3.8, 4) is 0 Å². The third-order valence-electron chi connectivity index (χ3n) is 3.01. The second-order valence-electron chi connectivity index (χ2n) is 4.27. The first kappa shape index (κ1) is 11.3. The van der Waals surface area contributed by atoms with E-state index in [0.717, 1.165) is 6.42 Å². The normalized spacial score (nSPS) is 28.2. The maximum absolute atomic E-state index is 11.6. The van der Waals surface area contributed by atoms with Crippen LogP contribution in [0.1, 0.15) is 12.8 Å². The van der Waals surface area contributed by atoms with E-state index < -0.39 is 5.54 Å². The smallest absolute Gasteiger partial charge is 0.232 e. The van der Waals surface area contributed by atoms with Crippen LogP contribution in [0.4, 0.5) is 0 Å². The van der Waals surface area contributed by atoms with Gasteiger partial charge in [-0.05, 0) is 12.8 Å². The van der Waals surface area contributed by atoms with Crippen LogP contribution < -0.4 is 5.32 Å². The Morgan fingerprint density at radius 3 is 2.81 bits per heavy atom. The van der Waals surface area contributed by atoms with Crippen LogP contribution in [0.3, 0.4) is 0 Å². The van der Waals surface area contributed by atoms with Gasteiger partial charge in [0.1, 0.15) is 18.1 Å². The summed E-state index contributed by atoms with van der Waals surface area (Å²) in [6.07, 6.45) is 1.60. The summed E-state index contributed by atoms with van der Waals surface area (Å²) in [6.45, 7) is 0.273. The quantitative estimate of drug-likeness (QED) is 0.558. The van der Waals surface area contributed by atoms with E-state index in [2.05, 4.69) is 10.3 Å². The first-order chi connectivity index (χ1) is 7.71. The minimum Gasteiger partial charge on any atom is -0.478 e. The fraction of sp³-hybridized carbons (Fsp3) is 0.800. The third-order valence-corrected chi connectivity index (χ3v) is 3.01. The number of amides is 1. The number of nitrogens with one attached hydrogen (secondary N) is 1. The molecule has 2 aliphatic heterocycles. The Balaban J connectivity index is 2.13. The van der Waals surface area contributed by atoms with E-state index in [4.69, 9.17) is 14.9 Å². The molecule has 3 N–H and O–H groups in total. The summed E-state index contributed by atoms with van der Waals surface area (Å²) in [4.78, 5) is 15.7. The lowest BCUT2D eigenvalue weighted by molar-refractivity contribution is -0.124. The zero-order valence-corrected chi connectivity index (χ0v) is 8.98. The molecule has 0 aromatic heterocycles. The molecule has 0 unspecified atom stereocenters. The number of aliphatic hydroxyl groups is 2. The molecule has 6 nitrogen and oxygen atoms in total. The lowest BCUT2D eigenvalue weighted by atomic mass is 9.98. The van der Waals surface area contributed by atoms with Crippen LogP contribution in [0.15, 0.2) is 4.99 Å². The predicted octanol–water partition coefficient (Wildman–Crippen LogP) is -1.34. The zero-order valence-electron chi connectivity index (χ0n) is 8.98. The molecule has 6 heteroatoms. The fourth-order valence-corrected chi connectivity index (χ4v) is 1.90. The number of nitrogens with zero attached hydrogens (tertiary/aromatic N) is 1. The Labute approximate surface area is 93.3 Å². The minimum atomic E-state index is -0.965. The second-order valence-corrected chi connectivity index (χ2v) is 4.27. The van der Waals surface area contributed by atoms with Gasteiger partial charge in [-0.3, -0.25) is 4.79 Å². The molecule has 2 aliphatic rings. The minimum absolute atomic E-state index is 0.0864. The molecular formula is C10H16N2O4. The van der Waals surface area contributed by atoms with Gasteiger partial charge in [0, 0.05) is 6.54 Å². The molecule has 1 fully saturated rings. The average Bonchev–Trinajstić information content (AvgIpc) is 2.75. The number of aliphatic imine (C=N–C) groups is 1. The van der Waals surface area contributed by atoms with Gasteiger partial charge < -0.3 is 20.3 Å². The molecule has 90 valence electrons. The molecule has 1 saturated heterocycles. The summed E-state index contributed by atoms with van der Waals surface area (Å²) in [5.74, 6) is -0.106. The number of ether oxygens (including phenoxy) is 1. The van der Waals surface area contributed by atoms with Gasteiger partial charge >= 0.3 is 0 Å². The van der Waals surface area contributed by atoms with Crippen molar-refractivity contribution < 1.29 is 19.7 Å². The highest BCUT2D eigenvalue weighted by Crippen LogP contribution is 2.24. The van der Waals surface area contributed by atoms with Crippen LogP contribution >= 0.6 is 0 Å². The highest BCUT2D eigenvalue weighted by molar-refractivity contribution is 6.01. The lowest BCUT2D eigenvalue weighted by Crippen LogP contribution is -2.40. The molecule has 1 amide bonds. The topological polar surface area (TPSA) is 91.2 Å². The van der Waals surface area contributed by atoms with E-state index in [9.17, 15) is 4.79 Å². The number of piperidine rings is 1. The summed E-state index contributed by atoms with van der Waals surface area (Å²) < 4.78 is 5.33. The Hall–Kier alpha value is -1.14. The maximum Gasteiger partial charge on any atom is 0.232 e. The molecule has 16 heavy (non-hydrogen) atoms. The molecule has 1 atom stereocenters. The summed E-state index contributed by atoms with van der Waals surface area (Å²) in [5.41, 5.74) is -0.965. The van der Waals surface area contributed by atoms with E-state index >= 15 is 0 Å². The van der Waals surface area contributed by atoms with Crippen molar-refractivity contribution in [3.05, 3.63) is 0 Å². The van der Waals surface area contributed by atoms with Crippen molar-refractivity contribution in [3.63, 3.8) is 0 Å². The number of hydrogen-bond donors (Lipinski definition) is 3. The highest BCUT2D eigenvalue weighted by atomic mass is 16.5. The van der Waals surface area contributed by atoms with E-state index in [1.165, 1.54) is 0 Å². The molecular weight excluding hydrogens is 212 g/mol. The number of carbonyl (C=O) groups is 1. The van der Waals surface area contributed by atoms with Gasteiger partial charge in [-0.2, -0.15) is 0 Å². The summed E-state index contributed by atoms with van der Waals surface area (Å²) in [6, 6.07) is 0. The van der Waals surface area contributed by atoms with Gasteiger partial charge in [-0.1, -0.05) is 0 Å². The van der Waals surface area contributed by atoms with Crippen LogP contribution in [-0.4, -0.2) is 53.9 Å². The molecule has 0 aromatic carbocycles. The molecule has 0 aromatic rings. The standard InChI is InChI=1S/C10H16N2O4/c13-4-10(5-14)6-16-9(12-10)7-2-1-3-11-8(7)15/h7,13-14H,1-6H2,(H,11,15)/t7-/m0/s1. The monoisotopic (exact) mass is 228 g/mol. The Morgan fingerprint density at radius 1 is 1.50 bits per heavy atom. The first-order valence-corrected chi connectivity index (χ1v) is 5.43. The van der Waals surface area contributed by atoms with Crippen LogP contribution in [0.2, 0.25) is 0 Å². The molecule has 0 aliphatic carbocycles. The van der Waals surface area contributed by atoms with E-state index in [1.807, 2.05) is 0 Å². The van der Waals surface area contributed by atoms with E-state index in [-0.39, 0.29) is 31.6 Å². The van der Waals surface area contributed by atoms with Crippen molar-refractivity contribution in [1.82, 2.24) is 5.32 Å². The molecule has 0 radical (unpaired) electrons. The summed E-state index contributed by atoms with van der Waals surface area (Å²) in [7, 11) is 0. The molecule has 0 spiro atoms. The van der Waals surface area contributed by atoms with Gasteiger partial charge in [0.05, 0.1) is 13.2 Å². The highest BCUT2D eigenvalue weighted by Gasteiger charge is 2.40. The predicted molar refractivity (Wildman–Crippen MR) is 56.0 cm³/mol. The fourth-order valence-electron chi connectivity index (χ4n) is 1.90. The Bertz CT molecular complexity index is 312. The van der Waals surface area contributed by atoms with Gasteiger partial charge in [0.15, 0.2) is 5.90 Å². The number of hydrogen-bond acceptors (Lipinski definition) is 5. The first-order valence-electron chi connectivity index (χ1n) is 5.43. The third kappa shape index (κ3) is 1.90. The van der Waals surface area contributed by atoms with Crippen LogP contribution in [-0.2, 0) is 9.53 Å². The van der Waals surface area contributed by atoms with Gasteiger partial charge in [0.25, 0.3) is 0 Å². The second kappa shape index (κ2) is 4.39. The van der Waals surface area contributed by atoms with Crippen molar-refractivity contribution in [2.45, 2.75) is 18.4 Å². The van der Waals surface area contributed by atoms with E-state index in [0.29, 0.717) is 18.9 Å². The van der Waals surface area contributed by atoms with Gasteiger partial charge in [-0.25, -0.2) is 4.99 Å². The number of carbonyl (C=O) groups excluding carboxylic acids is 1. The summed E-state index contributed by atoms with van der Waals surface area (Å²) in [5, 5.41) is 21.0.